The third-order valence-corrected chi connectivity index (χ3v) is 3.22. The molecule has 92 valence electrons. The van der Waals surface area contributed by atoms with Crippen molar-refractivity contribution in [3.63, 3.8) is 0 Å². The summed E-state index contributed by atoms with van der Waals surface area (Å²) in [5.74, 6) is 0. The standard InChI is InChI=1S/C13H18N2O2/c1-9-3-5-11(6-4-9)8-15-10(2)12(7-14)17-13(15)16/h3-6,10,12H,7-8,14H2,1-2H3. The molecule has 2 rings (SSSR count). The van der Waals surface area contributed by atoms with Gasteiger partial charge < -0.3 is 10.5 Å². The number of nitrogens with zero attached hydrogens (tertiary/aromatic N) is 1. The number of benzene rings is 1. The molecule has 1 aromatic carbocycles. The molecule has 1 aliphatic heterocycles. The van der Waals surface area contributed by atoms with Gasteiger partial charge in [-0.1, -0.05) is 29.8 Å². The van der Waals surface area contributed by atoms with Gasteiger partial charge in [0.1, 0.15) is 6.10 Å². The molecule has 2 atom stereocenters. The van der Waals surface area contributed by atoms with Gasteiger partial charge >= 0.3 is 6.09 Å². The van der Waals surface area contributed by atoms with Crippen molar-refractivity contribution in [2.45, 2.75) is 32.5 Å². The normalized spacial score (nSPS) is 23.9. The fraction of sp³-hybridized carbons (Fsp3) is 0.462. The minimum Gasteiger partial charge on any atom is -0.443 e. The maximum absolute atomic E-state index is 11.7. The monoisotopic (exact) mass is 234 g/mol. The Balaban J connectivity index is 2.08. The van der Waals surface area contributed by atoms with Crippen molar-refractivity contribution in [1.82, 2.24) is 4.90 Å². The predicted molar refractivity (Wildman–Crippen MR) is 65.5 cm³/mol. The van der Waals surface area contributed by atoms with Crippen LogP contribution in [0.25, 0.3) is 0 Å². The molecule has 1 amide bonds. The highest BCUT2D eigenvalue weighted by atomic mass is 16.6. The molecule has 1 heterocycles. The summed E-state index contributed by atoms with van der Waals surface area (Å²) in [4.78, 5) is 13.4. The summed E-state index contributed by atoms with van der Waals surface area (Å²) in [7, 11) is 0. The van der Waals surface area contributed by atoms with Crippen LogP contribution >= 0.6 is 0 Å². The zero-order chi connectivity index (χ0) is 12.4. The van der Waals surface area contributed by atoms with Crippen molar-refractivity contribution in [3.8, 4) is 0 Å². The van der Waals surface area contributed by atoms with Crippen LogP contribution in [0.5, 0.6) is 0 Å². The number of hydrogen-bond acceptors (Lipinski definition) is 3. The van der Waals surface area contributed by atoms with E-state index in [1.807, 2.05) is 38.1 Å². The molecule has 0 bridgehead atoms. The highest BCUT2D eigenvalue weighted by Gasteiger charge is 2.37. The average Bonchev–Trinajstić information content (AvgIpc) is 2.59. The summed E-state index contributed by atoms with van der Waals surface area (Å²) in [6, 6.07) is 8.19. The third-order valence-electron chi connectivity index (χ3n) is 3.22. The first-order valence-corrected chi connectivity index (χ1v) is 5.84. The molecule has 0 radical (unpaired) electrons. The van der Waals surface area contributed by atoms with Crippen molar-refractivity contribution in [1.29, 1.82) is 0 Å². The minimum atomic E-state index is -0.270. The molecule has 0 spiro atoms. The number of rotatable bonds is 3. The Morgan fingerprint density at radius 1 is 1.35 bits per heavy atom. The lowest BCUT2D eigenvalue weighted by Gasteiger charge is -2.20. The summed E-state index contributed by atoms with van der Waals surface area (Å²) in [6.07, 6.45) is -0.457. The van der Waals surface area contributed by atoms with Crippen LogP contribution < -0.4 is 5.73 Å². The lowest BCUT2D eigenvalue weighted by molar-refractivity contribution is 0.133. The van der Waals surface area contributed by atoms with Crippen LogP contribution in [-0.4, -0.2) is 29.7 Å². The highest BCUT2D eigenvalue weighted by Crippen LogP contribution is 2.21. The minimum absolute atomic E-state index is 0.0359. The second-order valence-corrected chi connectivity index (χ2v) is 4.51. The second kappa shape index (κ2) is 4.75. The number of nitrogens with two attached hydrogens (primary N) is 1. The molecule has 2 unspecified atom stereocenters. The first-order valence-electron chi connectivity index (χ1n) is 5.84. The number of aryl methyl sites for hydroxylation is 1. The van der Waals surface area contributed by atoms with Gasteiger partial charge in [0.2, 0.25) is 0 Å². The largest absolute Gasteiger partial charge is 0.443 e. The molecule has 0 saturated carbocycles. The molecule has 4 nitrogen and oxygen atoms in total. The maximum Gasteiger partial charge on any atom is 0.410 e. The molecule has 1 fully saturated rings. The Labute approximate surface area is 101 Å². The number of ether oxygens (including phenoxy) is 1. The van der Waals surface area contributed by atoms with Gasteiger partial charge in [0.25, 0.3) is 0 Å². The Hall–Kier alpha value is -1.55. The van der Waals surface area contributed by atoms with Gasteiger partial charge in [-0.15, -0.1) is 0 Å². The maximum atomic E-state index is 11.7. The van der Waals surface area contributed by atoms with E-state index in [9.17, 15) is 4.79 Å². The number of cyclic esters (lactones) is 1. The molecule has 0 aliphatic carbocycles. The molecule has 4 heteroatoms. The number of hydrogen-bond donors (Lipinski definition) is 1. The predicted octanol–water partition coefficient (Wildman–Crippen LogP) is 1.66. The quantitative estimate of drug-likeness (QED) is 0.865. The van der Waals surface area contributed by atoms with Crippen LogP contribution in [0.1, 0.15) is 18.1 Å². The van der Waals surface area contributed by atoms with E-state index in [1.165, 1.54) is 5.56 Å². The van der Waals surface area contributed by atoms with Crippen LogP contribution in [0, 0.1) is 6.92 Å². The van der Waals surface area contributed by atoms with E-state index in [-0.39, 0.29) is 18.2 Å². The third kappa shape index (κ3) is 2.42. The molecular weight excluding hydrogens is 216 g/mol. The molecular formula is C13H18N2O2. The Bertz CT molecular complexity index is 402. The number of carbonyl (C=O) groups excluding carboxylic acids is 1. The van der Waals surface area contributed by atoms with E-state index in [4.69, 9.17) is 10.5 Å². The van der Waals surface area contributed by atoms with Gasteiger partial charge in [-0.2, -0.15) is 0 Å². The van der Waals surface area contributed by atoms with E-state index < -0.39 is 0 Å². The van der Waals surface area contributed by atoms with Crippen molar-refractivity contribution >= 4 is 6.09 Å². The van der Waals surface area contributed by atoms with Gasteiger partial charge in [0.15, 0.2) is 0 Å². The summed E-state index contributed by atoms with van der Waals surface area (Å²) >= 11 is 0. The summed E-state index contributed by atoms with van der Waals surface area (Å²) in [5, 5.41) is 0. The summed E-state index contributed by atoms with van der Waals surface area (Å²) < 4.78 is 5.19. The van der Waals surface area contributed by atoms with Gasteiger partial charge in [0.05, 0.1) is 6.04 Å². The fourth-order valence-electron chi connectivity index (χ4n) is 2.01. The summed E-state index contributed by atoms with van der Waals surface area (Å²) in [6.45, 7) is 4.96. The zero-order valence-electron chi connectivity index (χ0n) is 10.2. The Morgan fingerprint density at radius 2 is 2.00 bits per heavy atom. The Morgan fingerprint density at radius 3 is 2.53 bits per heavy atom. The molecule has 17 heavy (non-hydrogen) atoms. The Kier molecular flexibility index (Phi) is 3.33. The van der Waals surface area contributed by atoms with Gasteiger partial charge in [-0.25, -0.2) is 4.79 Å². The lowest BCUT2D eigenvalue weighted by Crippen LogP contribution is -2.36. The van der Waals surface area contributed by atoms with Crippen LogP contribution in [0.15, 0.2) is 24.3 Å². The highest BCUT2D eigenvalue weighted by molar-refractivity contribution is 5.70. The summed E-state index contributed by atoms with van der Waals surface area (Å²) in [5.41, 5.74) is 7.88. The van der Waals surface area contributed by atoms with Crippen LogP contribution in [0.4, 0.5) is 4.79 Å². The first kappa shape index (κ1) is 11.9. The van der Waals surface area contributed by atoms with Gasteiger partial charge in [0, 0.05) is 13.1 Å². The molecule has 0 aromatic heterocycles. The molecule has 1 aliphatic rings. The first-order chi connectivity index (χ1) is 8.11. The van der Waals surface area contributed by atoms with Crippen LogP contribution in [0.2, 0.25) is 0 Å². The van der Waals surface area contributed by atoms with Gasteiger partial charge in [-0.3, -0.25) is 4.90 Å². The molecule has 1 saturated heterocycles. The van der Waals surface area contributed by atoms with Crippen LogP contribution in [-0.2, 0) is 11.3 Å². The molecule has 2 N–H and O–H groups in total. The SMILES string of the molecule is Cc1ccc(CN2C(=O)OC(CN)C2C)cc1. The second-order valence-electron chi connectivity index (χ2n) is 4.51. The average molecular weight is 234 g/mol. The van der Waals surface area contributed by atoms with E-state index in [0.717, 1.165) is 5.56 Å². The van der Waals surface area contributed by atoms with Gasteiger partial charge in [-0.05, 0) is 19.4 Å². The van der Waals surface area contributed by atoms with Crippen molar-refractivity contribution in [3.05, 3.63) is 35.4 Å². The number of carbonyl (C=O) groups is 1. The van der Waals surface area contributed by atoms with E-state index >= 15 is 0 Å². The lowest BCUT2D eigenvalue weighted by atomic mass is 10.1. The van der Waals surface area contributed by atoms with Crippen molar-refractivity contribution in [2.24, 2.45) is 5.73 Å². The fourth-order valence-corrected chi connectivity index (χ4v) is 2.01. The molecule has 1 aromatic rings. The van der Waals surface area contributed by atoms with Crippen molar-refractivity contribution < 1.29 is 9.53 Å². The smallest absolute Gasteiger partial charge is 0.410 e. The number of amides is 1. The zero-order valence-corrected chi connectivity index (χ0v) is 10.2. The topological polar surface area (TPSA) is 55.6 Å². The van der Waals surface area contributed by atoms with E-state index in [1.54, 1.807) is 4.90 Å². The van der Waals surface area contributed by atoms with E-state index in [0.29, 0.717) is 13.1 Å². The van der Waals surface area contributed by atoms with Crippen LogP contribution in [0.3, 0.4) is 0 Å². The van der Waals surface area contributed by atoms with E-state index in [2.05, 4.69) is 0 Å². The van der Waals surface area contributed by atoms with Crippen molar-refractivity contribution in [2.75, 3.05) is 6.54 Å².